The average Bonchev–Trinajstić information content (AvgIpc) is 2.31. The Morgan fingerprint density at radius 3 is 2.35 bits per heavy atom. The van der Waals surface area contributed by atoms with Crippen molar-refractivity contribution in [3.8, 4) is 0 Å². The molecular formula is C17H31N3. The molecule has 3 heteroatoms. The Kier molecular flexibility index (Phi) is 6.50. The number of benzene rings is 1. The van der Waals surface area contributed by atoms with Crippen LogP contribution in [0.25, 0.3) is 0 Å². The number of anilines is 1. The van der Waals surface area contributed by atoms with E-state index >= 15 is 0 Å². The van der Waals surface area contributed by atoms with Crippen LogP contribution in [0.3, 0.4) is 0 Å². The molecule has 0 radical (unpaired) electrons. The summed E-state index contributed by atoms with van der Waals surface area (Å²) in [5, 5.41) is 0. The maximum absolute atomic E-state index is 6.02. The van der Waals surface area contributed by atoms with Gasteiger partial charge in [-0.15, -0.1) is 0 Å². The molecule has 2 unspecified atom stereocenters. The second-order valence-electron chi connectivity index (χ2n) is 6.21. The van der Waals surface area contributed by atoms with Crippen LogP contribution in [-0.2, 0) is 6.42 Å². The van der Waals surface area contributed by atoms with E-state index in [4.69, 9.17) is 5.73 Å². The summed E-state index contributed by atoms with van der Waals surface area (Å²) in [5.41, 5.74) is 10.0. The number of hydrogen-bond acceptors (Lipinski definition) is 3. The fourth-order valence-electron chi connectivity index (χ4n) is 2.85. The number of rotatable bonds is 7. The van der Waals surface area contributed by atoms with E-state index in [1.54, 1.807) is 0 Å². The second kappa shape index (κ2) is 7.65. The molecule has 2 N–H and O–H groups in total. The number of likely N-dealkylation sites (N-methyl/N-ethyl adjacent to an activating group) is 2. The highest BCUT2D eigenvalue weighted by atomic mass is 15.2. The minimum atomic E-state index is 0.193. The monoisotopic (exact) mass is 277 g/mol. The van der Waals surface area contributed by atoms with E-state index in [9.17, 15) is 0 Å². The highest BCUT2D eigenvalue weighted by Crippen LogP contribution is 2.25. The largest absolute Gasteiger partial charge is 0.368 e. The first-order valence-corrected chi connectivity index (χ1v) is 7.61. The summed E-state index contributed by atoms with van der Waals surface area (Å²) in [6.45, 7) is 10.8. The zero-order valence-corrected chi connectivity index (χ0v) is 14.0. The molecule has 0 heterocycles. The predicted molar refractivity (Wildman–Crippen MR) is 89.6 cm³/mol. The van der Waals surface area contributed by atoms with Gasteiger partial charge < -0.3 is 15.5 Å². The van der Waals surface area contributed by atoms with E-state index in [1.165, 1.54) is 16.8 Å². The molecule has 1 rings (SSSR count). The second-order valence-corrected chi connectivity index (χ2v) is 6.21. The number of hydrogen-bond donors (Lipinski definition) is 1. The highest BCUT2D eigenvalue weighted by molar-refractivity contribution is 5.56. The van der Waals surface area contributed by atoms with Crippen LogP contribution in [-0.4, -0.2) is 44.2 Å². The summed E-state index contributed by atoms with van der Waals surface area (Å²) in [7, 11) is 4.25. The molecule has 0 aromatic heterocycles. The van der Waals surface area contributed by atoms with Crippen LogP contribution >= 0.6 is 0 Å². The Bertz CT molecular complexity index is 413. The molecule has 2 atom stereocenters. The van der Waals surface area contributed by atoms with Gasteiger partial charge in [0.25, 0.3) is 0 Å². The van der Waals surface area contributed by atoms with Crippen LogP contribution in [0, 0.1) is 6.92 Å². The zero-order valence-electron chi connectivity index (χ0n) is 14.0. The van der Waals surface area contributed by atoms with Crippen LogP contribution < -0.4 is 10.6 Å². The summed E-state index contributed by atoms with van der Waals surface area (Å²) in [6, 6.07) is 7.42. The maximum Gasteiger partial charge on any atom is 0.0402 e. The lowest BCUT2D eigenvalue weighted by Gasteiger charge is -2.34. The van der Waals surface area contributed by atoms with Gasteiger partial charge in [-0.2, -0.15) is 0 Å². The van der Waals surface area contributed by atoms with Gasteiger partial charge in [0.1, 0.15) is 0 Å². The van der Waals surface area contributed by atoms with E-state index in [0.717, 1.165) is 19.5 Å². The summed E-state index contributed by atoms with van der Waals surface area (Å²) < 4.78 is 0. The molecule has 0 saturated carbocycles. The first-order valence-electron chi connectivity index (χ1n) is 7.61. The molecule has 0 saturated heterocycles. The fourth-order valence-corrected chi connectivity index (χ4v) is 2.85. The van der Waals surface area contributed by atoms with E-state index in [0.29, 0.717) is 6.04 Å². The number of nitrogens with two attached hydrogens (primary N) is 1. The van der Waals surface area contributed by atoms with Crippen molar-refractivity contribution in [1.29, 1.82) is 0 Å². The van der Waals surface area contributed by atoms with E-state index in [-0.39, 0.29) is 6.04 Å². The quantitative estimate of drug-likeness (QED) is 0.831. The molecule has 20 heavy (non-hydrogen) atoms. The first kappa shape index (κ1) is 17.0. The summed E-state index contributed by atoms with van der Waals surface area (Å²) >= 11 is 0. The third-order valence-electron chi connectivity index (χ3n) is 3.59. The van der Waals surface area contributed by atoms with Crippen molar-refractivity contribution in [3.05, 3.63) is 29.3 Å². The topological polar surface area (TPSA) is 32.5 Å². The van der Waals surface area contributed by atoms with Gasteiger partial charge in [-0.25, -0.2) is 0 Å². The number of nitrogens with zero attached hydrogens (tertiary/aromatic N) is 2. The molecule has 0 aliphatic carbocycles. The molecule has 0 aliphatic rings. The molecule has 0 spiro atoms. The van der Waals surface area contributed by atoms with Crippen molar-refractivity contribution < 1.29 is 0 Å². The Labute approximate surface area is 124 Å². The molecule has 114 valence electrons. The molecular weight excluding hydrogens is 246 g/mol. The van der Waals surface area contributed by atoms with Gasteiger partial charge in [0, 0.05) is 30.9 Å². The Balaban J connectivity index is 3.07. The molecule has 0 amide bonds. The van der Waals surface area contributed by atoms with Gasteiger partial charge in [-0.3, -0.25) is 0 Å². The smallest absolute Gasteiger partial charge is 0.0402 e. The summed E-state index contributed by atoms with van der Waals surface area (Å²) in [5.74, 6) is 0. The number of aryl methyl sites for hydroxylation is 1. The van der Waals surface area contributed by atoms with E-state index in [2.05, 4.69) is 69.8 Å². The fraction of sp³-hybridized carbons (Fsp3) is 0.647. The van der Waals surface area contributed by atoms with E-state index < -0.39 is 0 Å². The lowest BCUT2D eigenvalue weighted by molar-refractivity contribution is 0.372. The van der Waals surface area contributed by atoms with Gasteiger partial charge in [0.05, 0.1) is 0 Å². The molecule has 1 aromatic rings. The van der Waals surface area contributed by atoms with Crippen molar-refractivity contribution >= 4 is 5.69 Å². The molecule has 0 fully saturated rings. The van der Waals surface area contributed by atoms with Gasteiger partial charge >= 0.3 is 0 Å². The summed E-state index contributed by atoms with van der Waals surface area (Å²) in [6.07, 6.45) is 0.933. The minimum absolute atomic E-state index is 0.193. The first-order chi connectivity index (χ1) is 9.35. The Hall–Kier alpha value is -1.06. The average molecular weight is 277 g/mol. The predicted octanol–water partition coefficient (Wildman–Crippen LogP) is 2.66. The highest BCUT2D eigenvalue weighted by Gasteiger charge is 2.17. The lowest BCUT2D eigenvalue weighted by Crippen LogP contribution is -2.40. The van der Waals surface area contributed by atoms with Crippen molar-refractivity contribution in [2.24, 2.45) is 5.73 Å². The third-order valence-corrected chi connectivity index (χ3v) is 3.59. The van der Waals surface area contributed by atoms with Crippen molar-refractivity contribution in [2.75, 3.05) is 32.1 Å². The summed E-state index contributed by atoms with van der Waals surface area (Å²) in [4.78, 5) is 4.73. The minimum Gasteiger partial charge on any atom is -0.368 e. The van der Waals surface area contributed by atoms with Crippen LogP contribution in [0.15, 0.2) is 18.2 Å². The Morgan fingerprint density at radius 2 is 1.85 bits per heavy atom. The zero-order chi connectivity index (χ0) is 15.3. The van der Waals surface area contributed by atoms with Gasteiger partial charge in [-0.05, 0) is 59.8 Å². The lowest BCUT2D eigenvalue weighted by atomic mass is 10.0. The van der Waals surface area contributed by atoms with Crippen molar-refractivity contribution in [3.63, 3.8) is 0 Å². The SMILES string of the molecule is CCN(c1ccc(C)cc1CC(C)N)C(C)CN(C)C. The van der Waals surface area contributed by atoms with Gasteiger partial charge in [0.15, 0.2) is 0 Å². The molecule has 0 bridgehead atoms. The third kappa shape index (κ3) is 4.80. The van der Waals surface area contributed by atoms with Gasteiger partial charge in [-0.1, -0.05) is 17.7 Å². The van der Waals surface area contributed by atoms with Crippen molar-refractivity contribution in [1.82, 2.24) is 4.90 Å². The molecule has 3 nitrogen and oxygen atoms in total. The van der Waals surface area contributed by atoms with Gasteiger partial charge in [0.2, 0.25) is 0 Å². The standard InChI is InChI=1S/C17H31N3/c1-7-20(15(4)12-19(5)6)17-9-8-13(2)10-16(17)11-14(3)18/h8-10,14-15H,7,11-12,18H2,1-6H3. The van der Waals surface area contributed by atoms with Crippen LogP contribution in [0.1, 0.15) is 31.9 Å². The van der Waals surface area contributed by atoms with Crippen LogP contribution in [0.4, 0.5) is 5.69 Å². The van der Waals surface area contributed by atoms with E-state index in [1.807, 2.05) is 0 Å². The molecule has 1 aromatic carbocycles. The van der Waals surface area contributed by atoms with Crippen LogP contribution in [0.2, 0.25) is 0 Å². The molecule has 0 aliphatic heterocycles. The van der Waals surface area contributed by atoms with Crippen LogP contribution in [0.5, 0.6) is 0 Å². The van der Waals surface area contributed by atoms with Crippen molar-refractivity contribution in [2.45, 2.75) is 46.2 Å². The normalized spacial score (nSPS) is 14.4. The Morgan fingerprint density at radius 1 is 1.20 bits per heavy atom. The maximum atomic E-state index is 6.02.